The third kappa shape index (κ3) is 5.96. The number of anilines is 1. The molecule has 1 amide bonds. The van der Waals surface area contributed by atoms with Crippen molar-refractivity contribution < 1.29 is 27.4 Å². The summed E-state index contributed by atoms with van der Waals surface area (Å²) in [5, 5.41) is 14.9. The van der Waals surface area contributed by atoms with Gasteiger partial charge in [-0.25, -0.2) is 9.36 Å². The molecule has 178 valence electrons. The number of halogens is 3. The van der Waals surface area contributed by atoms with Gasteiger partial charge in [-0.1, -0.05) is 11.8 Å². The number of amides is 1. The Morgan fingerprint density at radius 3 is 2.61 bits per heavy atom. The van der Waals surface area contributed by atoms with Crippen molar-refractivity contribution in [3.05, 3.63) is 41.2 Å². The summed E-state index contributed by atoms with van der Waals surface area (Å²) in [6, 6.07) is 4.69. The number of carbonyl (C=O) groups excluding carboxylic acids is 1. The number of hydrogen-bond donors (Lipinski definition) is 2. The second-order valence-electron chi connectivity index (χ2n) is 6.88. The number of rotatable bonds is 9. The van der Waals surface area contributed by atoms with Crippen molar-refractivity contribution in [3.8, 4) is 11.7 Å². The van der Waals surface area contributed by atoms with Crippen molar-refractivity contribution in [3.63, 3.8) is 0 Å². The number of hydrogen-bond acceptors (Lipinski definition) is 8. The molecule has 0 unspecified atom stereocenters. The molecule has 0 radical (unpaired) electrons. The van der Waals surface area contributed by atoms with Crippen LogP contribution in [-0.2, 0) is 15.7 Å². The Kier molecular flexibility index (Phi) is 7.48. The summed E-state index contributed by atoms with van der Waals surface area (Å²) >= 11 is 0.968. The minimum atomic E-state index is -4.57. The summed E-state index contributed by atoms with van der Waals surface area (Å²) < 4.78 is 52.3. The average Bonchev–Trinajstić information content (AvgIpc) is 3.27. The van der Waals surface area contributed by atoms with Crippen LogP contribution in [-0.4, -0.2) is 56.6 Å². The van der Waals surface area contributed by atoms with Gasteiger partial charge in [-0.05, 0) is 38.1 Å². The lowest BCUT2D eigenvalue weighted by Crippen LogP contribution is -2.19. The van der Waals surface area contributed by atoms with Crippen LogP contribution in [0.4, 0.5) is 18.9 Å². The minimum Gasteiger partial charge on any atom is -0.489 e. The highest BCUT2D eigenvalue weighted by Crippen LogP contribution is 2.35. The van der Waals surface area contributed by atoms with Crippen LogP contribution in [0.3, 0.4) is 0 Å². The van der Waals surface area contributed by atoms with E-state index < -0.39 is 17.6 Å². The van der Waals surface area contributed by atoms with Crippen LogP contribution in [0, 0.1) is 13.8 Å². The van der Waals surface area contributed by atoms with Crippen molar-refractivity contribution in [2.75, 3.05) is 37.2 Å². The molecule has 2 heterocycles. The zero-order chi connectivity index (χ0) is 24.2. The van der Waals surface area contributed by atoms with Crippen LogP contribution >= 0.6 is 11.8 Å². The van der Waals surface area contributed by atoms with Crippen LogP contribution < -0.4 is 15.9 Å². The van der Waals surface area contributed by atoms with E-state index in [0.717, 1.165) is 41.3 Å². The van der Waals surface area contributed by atoms with Gasteiger partial charge < -0.3 is 20.6 Å². The topological polar surface area (TPSA) is 122 Å². The normalized spacial score (nSPS) is 11.6. The fraction of sp³-hybridized carbons (Fsp3) is 0.368. The molecule has 0 aliphatic heterocycles. The van der Waals surface area contributed by atoms with Gasteiger partial charge in [-0.2, -0.15) is 18.3 Å². The maximum absolute atomic E-state index is 13.1. The highest BCUT2D eigenvalue weighted by Gasteiger charge is 2.31. The highest BCUT2D eigenvalue weighted by molar-refractivity contribution is 7.99. The van der Waals surface area contributed by atoms with E-state index in [4.69, 9.17) is 15.3 Å². The zero-order valence-corrected chi connectivity index (χ0v) is 18.8. The molecule has 0 fully saturated rings. The molecule has 33 heavy (non-hydrogen) atoms. The molecule has 0 bridgehead atoms. The molecule has 0 aliphatic carbocycles. The number of nitrogen functional groups attached to an aromatic ring is 1. The number of nitrogens with zero attached hydrogens (tertiary/aromatic N) is 5. The SMILES string of the molecule is COCCOc1ccc(C(F)(F)F)cc1NC(=O)CSc1nnc(-n2nc(C)cc2C)n1N. The molecule has 0 saturated carbocycles. The first-order valence-corrected chi connectivity index (χ1v) is 10.6. The Morgan fingerprint density at radius 1 is 1.21 bits per heavy atom. The van der Waals surface area contributed by atoms with Gasteiger partial charge in [0.15, 0.2) is 0 Å². The minimum absolute atomic E-state index is 0.0900. The van der Waals surface area contributed by atoms with E-state index in [1.807, 2.05) is 19.9 Å². The third-order valence-electron chi connectivity index (χ3n) is 4.30. The number of thioether (sulfide) groups is 1. The number of carbonyl (C=O) groups is 1. The number of nitrogens with two attached hydrogens (primary N) is 1. The maximum atomic E-state index is 13.1. The van der Waals surface area contributed by atoms with Crippen molar-refractivity contribution in [2.24, 2.45) is 0 Å². The number of nitrogens with one attached hydrogen (secondary N) is 1. The number of ether oxygens (including phenoxy) is 2. The van der Waals surface area contributed by atoms with Crippen LogP contribution in [0.1, 0.15) is 17.0 Å². The van der Waals surface area contributed by atoms with E-state index in [2.05, 4.69) is 20.6 Å². The summed E-state index contributed by atoms with van der Waals surface area (Å²) in [5.41, 5.74) is 0.546. The Balaban J connectivity index is 1.71. The molecule has 1 aromatic carbocycles. The lowest BCUT2D eigenvalue weighted by Gasteiger charge is -2.15. The molecule has 2 aromatic heterocycles. The smallest absolute Gasteiger partial charge is 0.416 e. The first-order valence-electron chi connectivity index (χ1n) is 9.60. The quantitative estimate of drug-likeness (QED) is 0.269. The summed E-state index contributed by atoms with van der Waals surface area (Å²) in [6.45, 7) is 3.98. The number of aryl methyl sites for hydroxylation is 2. The standard InChI is InChI=1S/C19H22F3N7O3S/c1-11-8-12(2)29(27-11)17-25-26-18(28(17)23)33-10-16(30)24-14-9-13(19(20,21)22)4-5-15(14)32-7-6-31-3/h4-5,8-9H,6-7,10,23H2,1-3H3,(H,24,30). The molecule has 10 nitrogen and oxygen atoms in total. The van der Waals surface area contributed by atoms with E-state index in [1.165, 1.54) is 16.5 Å². The monoisotopic (exact) mass is 485 g/mol. The molecule has 0 atom stereocenters. The predicted molar refractivity (Wildman–Crippen MR) is 115 cm³/mol. The summed E-state index contributed by atoms with van der Waals surface area (Å²) in [5.74, 6) is 5.63. The first kappa shape index (κ1) is 24.4. The van der Waals surface area contributed by atoms with E-state index in [-0.39, 0.29) is 41.5 Å². The molecule has 3 N–H and O–H groups in total. The number of benzene rings is 1. The van der Waals surface area contributed by atoms with Crippen molar-refractivity contribution in [1.82, 2.24) is 24.7 Å². The zero-order valence-electron chi connectivity index (χ0n) is 18.0. The number of alkyl halides is 3. The fourth-order valence-electron chi connectivity index (χ4n) is 2.82. The maximum Gasteiger partial charge on any atom is 0.416 e. The second kappa shape index (κ2) is 10.1. The largest absolute Gasteiger partial charge is 0.489 e. The highest BCUT2D eigenvalue weighted by atomic mass is 32.2. The van der Waals surface area contributed by atoms with E-state index >= 15 is 0 Å². The van der Waals surface area contributed by atoms with Gasteiger partial charge in [0.25, 0.3) is 5.95 Å². The lowest BCUT2D eigenvalue weighted by molar-refractivity contribution is -0.137. The Hall–Kier alpha value is -3.26. The molecule has 0 saturated heterocycles. The van der Waals surface area contributed by atoms with E-state index in [9.17, 15) is 18.0 Å². The van der Waals surface area contributed by atoms with Crippen molar-refractivity contribution in [2.45, 2.75) is 25.2 Å². The molecular formula is C19H22F3N7O3S. The summed E-state index contributed by atoms with van der Waals surface area (Å²) in [6.07, 6.45) is -4.57. The summed E-state index contributed by atoms with van der Waals surface area (Å²) in [4.78, 5) is 12.5. The third-order valence-corrected chi connectivity index (χ3v) is 5.25. The second-order valence-corrected chi connectivity index (χ2v) is 7.82. The molecule has 14 heteroatoms. The van der Waals surface area contributed by atoms with Crippen LogP contribution in [0.25, 0.3) is 5.95 Å². The van der Waals surface area contributed by atoms with Gasteiger partial charge in [0.1, 0.15) is 12.4 Å². The van der Waals surface area contributed by atoms with Crippen molar-refractivity contribution >= 4 is 23.4 Å². The van der Waals surface area contributed by atoms with Gasteiger partial charge in [0, 0.05) is 12.8 Å². The van der Waals surface area contributed by atoms with Gasteiger partial charge in [-0.3, -0.25) is 4.79 Å². The van der Waals surface area contributed by atoms with Gasteiger partial charge in [-0.15, -0.1) is 10.2 Å². The molecule has 0 aliphatic rings. The van der Waals surface area contributed by atoms with E-state index in [1.54, 1.807) is 0 Å². The lowest BCUT2D eigenvalue weighted by atomic mass is 10.1. The van der Waals surface area contributed by atoms with Gasteiger partial charge >= 0.3 is 6.18 Å². The molecular weight excluding hydrogens is 463 g/mol. The van der Waals surface area contributed by atoms with Crippen LogP contribution in [0.2, 0.25) is 0 Å². The Labute approximate surface area is 191 Å². The van der Waals surface area contributed by atoms with Crippen LogP contribution in [0.15, 0.2) is 29.4 Å². The number of aromatic nitrogens is 5. The van der Waals surface area contributed by atoms with Gasteiger partial charge in [0.05, 0.1) is 29.3 Å². The summed E-state index contributed by atoms with van der Waals surface area (Å²) in [7, 11) is 1.46. The number of methoxy groups -OCH3 is 1. The molecule has 0 spiro atoms. The predicted octanol–water partition coefficient (Wildman–Crippen LogP) is 2.57. The van der Waals surface area contributed by atoms with Gasteiger partial charge in [0.2, 0.25) is 11.1 Å². The fourth-order valence-corrected chi connectivity index (χ4v) is 3.48. The van der Waals surface area contributed by atoms with E-state index in [0.29, 0.717) is 0 Å². The Bertz CT molecular complexity index is 1130. The first-order chi connectivity index (χ1) is 15.6. The molecule has 3 aromatic rings. The average molecular weight is 485 g/mol. The van der Waals surface area contributed by atoms with Crippen molar-refractivity contribution in [1.29, 1.82) is 0 Å². The Morgan fingerprint density at radius 2 is 1.97 bits per heavy atom. The van der Waals surface area contributed by atoms with Crippen LogP contribution in [0.5, 0.6) is 5.75 Å². The molecule has 3 rings (SSSR count).